The molecule has 1 aliphatic carbocycles. The number of carbonyl (C=O) groups is 2. The Morgan fingerprint density at radius 2 is 1.84 bits per heavy atom. The Balaban J connectivity index is 0.00000312. The molecular weight excluding hydrogens is 358 g/mol. The van der Waals surface area contributed by atoms with E-state index in [9.17, 15) is 9.59 Å². The van der Waals surface area contributed by atoms with Crippen molar-refractivity contribution >= 4 is 41.7 Å². The SMILES string of the molecule is Cc1ccc(NC(=O)CSC(C)C(=O)NC2(CN)CCCC2)cc1.Cl. The molecular formula is C18H28ClN3O2S. The number of nitrogens with two attached hydrogens (primary N) is 1. The summed E-state index contributed by atoms with van der Waals surface area (Å²) in [6.45, 7) is 4.31. The van der Waals surface area contributed by atoms with E-state index in [-0.39, 0.29) is 40.8 Å². The highest BCUT2D eigenvalue weighted by Gasteiger charge is 2.34. The average Bonchev–Trinajstić information content (AvgIpc) is 3.03. The van der Waals surface area contributed by atoms with Crippen LogP contribution in [0, 0.1) is 6.92 Å². The van der Waals surface area contributed by atoms with Crippen LogP contribution >= 0.6 is 24.2 Å². The number of hydrogen-bond donors (Lipinski definition) is 3. The zero-order valence-corrected chi connectivity index (χ0v) is 16.5. The van der Waals surface area contributed by atoms with Crippen molar-refractivity contribution < 1.29 is 9.59 Å². The van der Waals surface area contributed by atoms with Crippen LogP contribution in [0.2, 0.25) is 0 Å². The second kappa shape index (κ2) is 10.0. The highest BCUT2D eigenvalue weighted by atomic mass is 35.5. The maximum Gasteiger partial charge on any atom is 0.234 e. The van der Waals surface area contributed by atoms with Crippen LogP contribution in [0.15, 0.2) is 24.3 Å². The van der Waals surface area contributed by atoms with E-state index in [0.717, 1.165) is 36.9 Å². The van der Waals surface area contributed by atoms with Crippen molar-refractivity contribution in [2.75, 3.05) is 17.6 Å². The third kappa shape index (κ3) is 6.53. The predicted octanol–water partition coefficient (Wildman–Crippen LogP) is 2.86. The van der Waals surface area contributed by atoms with Crippen molar-refractivity contribution in [1.29, 1.82) is 0 Å². The van der Waals surface area contributed by atoms with Crippen LogP contribution in [0.1, 0.15) is 38.2 Å². The predicted molar refractivity (Wildman–Crippen MR) is 107 cm³/mol. The molecule has 2 rings (SSSR count). The van der Waals surface area contributed by atoms with Gasteiger partial charge in [-0.05, 0) is 38.8 Å². The fourth-order valence-corrected chi connectivity index (χ4v) is 3.59. The third-order valence-electron chi connectivity index (χ3n) is 4.51. The maximum absolute atomic E-state index is 12.4. The van der Waals surface area contributed by atoms with Gasteiger partial charge in [-0.15, -0.1) is 24.2 Å². The van der Waals surface area contributed by atoms with Gasteiger partial charge in [-0.3, -0.25) is 9.59 Å². The summed E-state index contributed by atoms with van der Waals surface area (Å²) in [5.41, 5.74) is 7.53. The van der Waals surface area contributed by atoms with Crippen molar-refractivity contribution in [3.8, 4) is 0 Å². The van der Waals surface area contributed by atoms with Gasteiger partial charge >= 0.3 is 0 Å². The number of anilines is 1. The van der Waals surface area contributed by atoms with Gasteiger partial charge in [0.25, 0.3) is 0 Å². The molecule has 1 aromatic carbocycles. The number of hydrogen-bond acceptors (Lipinski definition) is 4. The van der Waals surface area contributed by atoms with E-state index in [0.29, 0.717) is 6.54 Å². The lowest BCUT2D eigenvalue weighted by Gasteiger charge is -2.30. The molecule has 1 unspecified atom stereocenters. The first-order chi connectivity index (χ1) is 11.4. The van der Waals surface area contributed by atoms with Crippen LogP contribution in [0.4, 0.5) is 5.69 Å². The smallest absolute Gasteiger partial charge is 0.234 e. The zero-order chi connectivity index (χ0) is 17.6. The molecule has 1 aliphatic rings. The third-order valence-corrected chi connectivity index (χ3v) is 5.65. The quantitative estimate of drug-likeness (QED) is 0.673. The maximum atomic E-state index is 12.4. The number of nitrogens with one attached hydrogen (secondary N) is 2. The number of aryl methyl sites for hydroxylation is 1. The first kappa shape index (κ1) is 21.8. The number of benzene rings is 1. The summed E-state index contributed by atoms with van der Waals surface area (Å²) in [5, 5.41) is 5.67. The summed E-state index contributed by atoms with van der Waals surface area (Å²) in [6.07, 6.45) is 4.11. The number of amides is 2. The molecule has 0 radical (unpaired) electrons. The summed E-state index contributed by atoms with van der Waals surface area (Å²) in [4.78, 5) is 24.4. The molecule has 1 saturated carbocycles. The molecule has 5 nitrogen and oxygen atoms in total. The molecule has 1 fully saturated rings. The largest absolute Gasteiger partial charge is 0.348 e. The van der Waals surface area contributed by atoms with Gasteiger partial charge in [-0.2, -0.15) is 0 Å². The van der Waals surface area contributed by atoms with Gasteiger partial charge in [0, 0.05) is 12.2 Å². The molecule has 0 bridgehead atoms. The number of thioether (sulfide) groups is 1. The lowest BCUT2D eigenvalue weighted by Crippen LogP contribution is -2.53. The van der Waals surface area contributed by atoms with Crippen LogP contribution in [-0.4, -0.2) is 34.9 Å². The summed E-state index contributed by atoms with van der Waals surface area (Å²) in [6, 6.07) is 7.65. The number of halogens is 1. The first-order valence-corrected chi connectivity index (χ1v) is 9.49. The normalized spacial score (nSPS) is 16.6. The van der Waals surface area contributed by atoms with Crippen molar-refractivity contribution in [3.63, 3.8) is 0 Å². The Bertz CT molecular complexity index is 574. The van der Waals surface area contributed by atoms with E-state index in [1.165, 1.54) is 11.8 Å². The molecule has 0 spiro atoms. The number of rotatable bonds is 7. The summed E-state index contributed by atoms with van der Waals surface area (Å²) >= 11 is 1.34. The highest BCUT2D eigenvalue weighted by Crippen LogP contribution is 2.29. The molecule has 2 amide bonds. The minimum absolute atomic E-state index is 0. The van der Waals surface area contributed by atoms with Gasteiger partial charge in [0.2, 0.25) is 11.8 Å². The Kier molecular flexibility index (Phi) is 8.76. The van der Waals surface area contributed by atoms with Gasteiger partial charge in [-0.25, -0.2) is 0 Å². The lowest BCUT2D eigenvalue weighted by atomic mass is 9.98. The Hall–Kier alpha value is -1.24. The molecule has 0 aromatic heterocycles. The summed E-state index contributed by atoms with van der Waals surface area (Å²) in [7, 11) is 0. The summed E-state index contributed by atoms with van der Waals surface area (Å²) in [5.74, 6) is 0.117. The summed E-state index contributed by atoms with van der Waals surface area (Å²) < 4.78 is 0. The van der Waals surface area contributed by atoms with E-state index in [1.54, 1.807) is 0 Å². The molecule has 0 saturated heterocycles. The van der Waals surface area contributed by atoms with Gasteiger partial charge < -0.3 is 16.4 Å². The van der Waals surface area contributed by atoms with Crippen LogP contribution in [-0.2, 0) is 9.59 Å². The molecule has 7 heteroatoms. The van der Waals surface area contributed by atoms with Crippen molar-refractivity contribution in [3.05, 3.63) is 29.8 Å². The Labute approximate surface area is 160 Å². The Morgan fingerprint density at radius 3 is 2.40 bits per heavy atom. The second-order valence-electron chi connectivity index (χ2n) is 6.55. The van der Waals surface area contributed by atoms with E-state index in [1.807, 2.05) is 38.1 Å². The van der Waals surface area contributed by atoms with Crippen molar-refractivity contribution in [1.82, 2.24) is 5.32 Å². The van der Waals surface area contributed by atoms with Gasteiger partial charge in [0.15, 0.2) is 0 Å². The molecule has 140 valence electrons. The topological polar surface area (TPSA) is 84.2 Å². The van der Waals surface area contributed by atoms with Gasteiger partial charge in [0.05, 0.1) is 16.5 Å². The monoisotopic (exact) mass is 385 g/mol. The van der Waals surface area contributed by atoms with Crippen LogP contribution in [0.3, 0.4) is 0 Å². The average molecular weight is 386 g/mol. The van der Waals surface area contributed by atoms with Crippen LogP contribution in [0.5, 0.6) is 0 Å². The van der Waals surface area contributed by atoms with E-state index < -0.39 is 0 Å². The lowest BCUT2D eigenvalue weighted by molar-refractivity contribution is -0.122. The zero-order valence-electron chi connectivity index (χ0n) is 14.8. The molecule has 25 heavy (non-hydrogen) atoms. The van der Waals surface area contributed by atoms with E-state index in [2.05, 4.69) is 10.6 Å². The Morgan fingerprint density at radius 1 is 1.24 bits per heavy atom. The standard InChI is InChI=1S/C18H27N3O2S.ClH/c1-13-5-7-15(8-6-13)20-16(22)11-24-14(2)17(23)21-18(12-19)9-3-4-10-18;/h5-8,14H,3-4,9-12,19H2,1-2H3,(H,20,22)(H,21,23);1H. The fourth-order valence-electron chi connectivity index (χ4n) is 2.91. The molecule has 4 N–H and O–H groups in total. The first-order valence-electron chi connectivity index (χ1n) is 8.44. The van der Waals surface area contributed by atoms with E-state index in [4.69, 9.17) is 5.73 Å². The van der Waals surface area contributed by atoms with Crippen LogP contribution < -0.4 is 16.4 Å². The molecule has 0 heterocycles. The second-order valence-corrected chi connectivity index (χ2v) is 7.88. The molecule has 0 aliphatic heterocycles. The van der Waals surface area contributed by atoms with Crippen molar-refractivity contribution in [2.24, 2.45) is 5.73 Å². The minimum Gasteiger partial charge on any atom is -0.348 e. The molecule has 1 atom stereocenters. The number of carbonyl (C=O) groups excluding carboxylic acids is 2. The minimum atomic E-state index is -0.280. The van der Waals surface area contributed by atoms with Crippen molar-refractivity contribution in [2.45, 2.75) is 50.3 Å². The van der Waals surface area contributed by atoms with Crippen LogP contribution in [0.25, 0.3) is 0 Å². The van der Waals surface area contributed by atoms with E-state index >= 15 is 0 Å². The fraction of sp³-hybridized carbons (Fsp3) is 0.556. The van der Waals surface area contributed by atoms with Gasteiger partial charge in [0.1, 0.15) is 0 Å². The highest BCUT2D eigenvalue weighted by molar-refractivity contribution is 8.01. The van der Waals surface area contributed by atoms with Gasteiger partial charge in [-0.1, -0.05) is 30.5 Å². The molecule has 1 aromatic rings.